The van der Waals surface area contributed by atoms with E-state index in [1.807, 2.05) is 6.07 Å². The molecule has 0 atom stereocenters. The summed E-state index contributed by atoms with van der Waals surface area (Å²) in [6, 6.07) is 10.2. The molecule has 4 nitrogen and oxygen atoms in total. The van der Waals surface area contributed by atoms with Crippen LogP contribution < -0.4 is 0 Å². The van der Waals surface area contributed by atoms with E-state index in [-0.39, 0.29) is 10.8 Å². The van der Waals surface area contributed by atoms with Crippen molar-refractivity contribution in [2.45, 2.75) is 24.7 Å². The van der Waals surface area contributed by atoms with Crippen LogP contribution in [0.1, 0.15) is 19.8 Å². The smallest absolute Gasteiger partial charge is 0.238 e. The summed E-state index contributed by atoms with van der Waals surface area (Å²) < 4.78 is 25.6. The Balaban J connectivity index is 1.89. The third-order valence-electron chi connectivity index (χ3n) is 4.62. The Hall–Kier alpha value is -1.59. The summed E-state index contributed by atoms with van der Waals surface area (Å²) in [6.45, 7) is 3.42. The van der Waals surface area contributed by atoms with Gasteiger partial charge in [-0.1, -0.05) is 42.8 Å². The predicted octanol–water partition coefficient (Wildman–Crippen LogP) is 3.53. The molecule has 128 valence electrons. The lowest BCUT2D eigenvalue weighted by molar-refractivity contribution is -0.129. The van der Waals surface area contributed by atoms with E-state index in [1.54, 1.807) is 29.2 Å². The Morgan fingerprint density at radius 2 is 1.75 bits per heavy atom. The van der Waals surface area contributed by atoms with E-state index in [9.17, 15) is 13.2 Å². The summed E-state index contributed by atoms with van der Waals surface area (Å²) in [7, 11) is -3.72. The molecule has 0 saturated carbocycles. The third-order valence-corrected chi connectivity index (χ3v) is 6.60. The summed E-state index contributed by atoms with van der Waals surface area (Å²) in [6.07, 6.45) is 1.85. The minimum absolute atomic E-state index is 0.168. The van der Waals surface area contributed by atoms with Gasteiger partial charge < -0.3 is 4.90 Å². The van der Waals surface area contributed by atoms with Crippen molar-refractivity contribution in [3.8, 4) is 0 Å². The first-order valence-corrected chi connectivity index (χ1v) is 10.1. The lowest BCUT2D eigenvalue weighted by Gasteiger charge is -2.30. The highest BCUT2D eigenvalue weighted by Gasteiger charge is 2.27. The number of rotatable bonds is 3. The fraction of sp³-hybridized carbons (Fsp3) is 0.389. The van der Waals surface area contributed by atoms with Crippen LogP contribution in [0.5, 0.6) is 0 Å². The van der Waals surface area contributed by atoms with Gasteiger partial charge in [0.05, 0.1) is 4.90 Å². The van der Waals surface area contributed by atoms with Crippen molar-refractivity contribution in [3.63, 3.8) is 0 Å². The number of sulfone groups is 1. The number of likely N-dealkylation sites (tertiary alicyclic amines) is 1. The van der Waals surface area contributed by atoms with Crippen LogP contribution in [0, 0.1) is 5.92 Å². The largest absolute Gasteiger partial charge is 0.342 e. The normalized spacial score (nSPS) is 16.5. The minimum atomic E-state index is -3.72. The van der Waals surface area contributed by atoms with Gasteiger partial charge in [0.2, 0.25) is 5.91 Å². The van der Waals surface area contributed by atoms with Gasteiger partial charge in [-0.15, -0.1) is 0 Å². The lowest BCUT2D eigenvalue weighted by Crippen LogP contribution is -2.41. The number of fused-ring (bicyclic) bond motifs is 1. The molecule has 1 fully saturated rings. The average molecular weight is 366 g/mol. The van der Waals surface area contributed by atoms with Crippen LogP contribution in [0.4, 0.5) is 0 Å². The van der Waals surface area contributed by atoms with Gasteiger partial charge in [0, 0.05) is 28.9 Å². The highest BCUT2D eigenvalue weighted by molar-refractivity contribution is 7.92. The van der Waals surface area contributed by atoms with E-state index in [1.165, 1.54) is 6.07 Å². The topological polar surface area (TPSA) is 54.5 Å². The van der Waals surface area contributed by atoms with Crippen molar-refractivity contribution in [2.75, 3.05) is 18.8 Å². The first-order valence-electron chi connectivity index (χ1n) is 8.06. The molecule has 0 bridgehead atoms. The Bertz CT molecular complexity index is 871. The highest BCUT2D eigenvalue weighted by atomic mass is 35.5. The van der Waals surface area contributed by atoms with Gasteiger partial charge in [0.15, 0.2) is 9.84 Å². The number of piperidine rings is 1. The van der Waals surface area contributed by atoms with Gasteiger partial charge >= 0.3 is 0 Å². The molecule has 0 unspecified atom stereocenters. The molecule has 3 rings (SSSR count). The summed E-state index contributed by atoms with van der Waals surface area (Å²) in [4.78, 5) is 14.2. The zero-order valence-corrected chi connectivity index (χ0v) is 15.1. The SMILES string of the molecule is CC1CCN(C(=O)CS(=O)(=O)c2ccc(Cl)c3ccccc23)CC1. The number of carbonyl (C=O) groups is 1. The molecule has 1 heterocycles. The summed E-state index contributed by atoms with van der Waals surface area (Å²) in [5.41, 5.74) is 0. The third kappa shape index (κ3) is 3.42. The van der Waals surface area contributed by atoms with Crippen molar-refractivity contribution in [2.24, 2.45) is 5.92 Å². The van der Waals surface area contributed by atoms with E-state index in [0.29, 0.717) is 34.8 Å². The van der Waals surface area contributed by atoms with Crippen LogP contribution in [-0.4, -0.2) is 38.1 Å². The van der Waals surface area contributed by atoms with Gasteiger partial charge in [-0.3, -0.25) is 4.79 Å². The van der Waals surface area contributed by atoms with E-state index < -0.39 is 15.6 Å². The number of hydrogen-bond acceptors (Lipinski definition) is 3. The maximum absolute atomic E-state index is 12.8. The van der Waals surface area contributed by atoms with Crippen LogP contribution in [0.25, 0.3) is 10.8 Å². The number of nitrogens with zero attached hydrogens (tertiary/aromatic N) is 1. The quantitative estimate of drug-likeness (QED) is 0.836. The molecule has 0 aliphatic carbocycles. The maximum atomic E-state index is 12.8. The van der Waals surface area contributed by atoms with Crippen LogP contribution in [0.3, 0.4) is 0 Å². The second kappa shape index (κ2) is 6.73. The van der Waals surface area contributed by atoms with Crippen molar-refractivity contribution < 1.29 is 13.2 Å². The van der Waals surface area contributed by atoms with Crippen molar-refractivity contribution >= 4 is 38.1 Å². The van der Waals surface area contributed by atoms with Crippen LogP contribution in [0.2, 0.25) is 5.02 Å². The zero-order valence-electron chi connectivity index (χ0n) is 13.5. The first kappa shape index (κ1) is 17.2. The molecule has 1 amide bonds. The minimum Gasteiger partial charge on any atom is -0.342 e. The van der Waals surface area contributed by atoms with Gasteiger partial charge in [-0.2, -0.15) is 0 Å². The van der Waals surface area contributed by atoms with Gasteiger partial charge in [-0.25, -0.2) is 8.42 Å². The Labute approximate surface area is 147 Å². The molecular weight excluding hydrogens is 346 g/mol. The Morgan fingerprint density at radius 3 is 2.42 bits per heavy atom. The summed E-state index contributed by atoms with van der Waals surface area (Å²) >= 11 is 6.15. The number of halogens is 1. The second-order valence-electron chi connectivity index (χ2n) is 6.41. The molecule has 0 radical (unpaired) electrons. The molecule has 1 saturated heterocycles. The molecule has 24 heavy (non-hydrogen) atoms. The van der Waals surface area contributed by atoms with Crippen molar-refractivity contribution in [1.82, 2.24) is 4.90 Å². The van der Waals surface area contributed by atoms with Gasteiger partial charge in [0.25, 0.3) is 0 Å². The standard InChI is InChI=1S/C18H20ClNO3S/c1-13-8-10-20(11-9-13)18(21)12-24(22,23)17-7-6-16(19)14-4-2-3-5-15(14)17/h2-7,13H,8-12H2,1H3. The zero-order chi connectivity index (χ0) is 17.3. The van der Waals surface area contributed by atoms with Gasteiger partial charge in [-0.05, 0) is 30.9 Å². The molecule has 0 aromatic heterocycles. The molecule has 0 spiro atoms. The number of benzene rings is 2. The summed E-state index contributed by atoms with van der Waals surface area (Å²) in [5.74, 6) is -0.223. The Morgan fingerprint density at radius 1 is 1.12 bits per heavy atom. The fourth-order valence-electron chi connectivity index (χ4n) is 3.10. The number of hydrogen-bond donors (Lipinski definition) is 0. The lowest BCUT2D eigenvalue weighted by atomic mass is 9.99. The van der Waals surface area contributed by atoms with Gasteiger partial charge in [0.1, 0.15) is 5.75 Å². The molecule has 0 N–H and O–H groups in total. The van der Waals surface area contributed by atoms with E-state index in [4.69, 9.17) is 11.6 Å². The molecular formula is C18H20ClNO3S. The molecule has 1 aliphatic rings. The molecule has 6 heteroatoms. The average Bonchev–Trinajstić information content (AvgIpc) is 2.55. The van der Waals surface area contributed by atoms with E-state index >= 15 is 0 Å². The second-order valence-corrected chi connectivity index (χ2v) is 8.78. The van der Waals surface area contributed by atoms with Crippen molar-refractivity contribution in [3.05, 3.63) is 41.4 Å². The Kier molecular flexibility index (Phi) is 4.83. The molecule has 2 aromatic carbocycles. The van der Waals surface area contributed by atoms with Crippen LogP contribution in [-0.2, 0) is 14.6 Å². The van der Waals surface area contributed by atoms with Crippen LogP contribution >= 0.6 is 11.6 Å². The predicted molar refractivity (Wildman–Crippen MR) is 96.0 cm³/mol. The van der Waals surface area contributed by atoms with Crippen LogP contribution in [0.15, 0.2) is 41.3 Å². The first-order chi connectivity index (χ1) is 11.4. The summed E-state index contributed by atoms with van der Waals surface area (Å²) in [5, 5.41) is 1.74. The molecule has 2 aromatic rings. The van der Waals surface area contributed by atoms with Crippen molar-refractivity contribution in [1.29, 1.82) is 0 Å². The number of amides is 1. The fourth-order valence-corrected chi connectivity index (χ4v) is 4.77. The monoisotopic (exact) mass is 365 g/mol. The molecule has 1 aliphatic heterocycles. The number of carbonyl (C=O) groups excluding carboxylic acids is 1. The highest BCUT2D eigenvalue weighted by Crippen LogP contribution is 2.30. The van der Waals surface area contributed by atoms with E-state index in [2.05, 4.69) is 6.92 Å². The van der Waals surface area contributed by atoms with E-state index in [0.717, 1.165) is 12.8 Å². The maximum Gasteiger partial charge on any atom is 0.238 e.